The summed E-state index contributed by atoms with van der Waals surface area (Å²) >= 11 is 6.52. The molecule has 1 amide bonds. The van der Waals surface area contributed by atoms with Crippen molar-refractivity contribution in [1.82, 2.24) is 5.32 Å². The van der Waals surface area contributed by atoms with Crippen molar-refractivity contribution in [2.75, 3.05) is 0 Å². The van der Waals surface area contributed by atoms with Gasteiger partial charge in [0.1, 0.15) is 0 Å². The summed E-state index contributed by atoms with van der Waals surface area (Å²) in [6, 6.07) is 1.99. The van der Waals surface area contributed by atoms with Crippen molar-refractivity contribution in [1.29, 1.82) is 0 Å². The minimum absolute atomic E-state index is 0.0267. The molecule has 1 fully saturated rings. The van der Waals surface area contributed by atoms with Gasteiger partial charge in [-0.25, -0.2) is 0 Å². The third-order valence-corrected chi connectivity index (χ3v) is 3.81. The number of hydrogen-bond donors (Lipinski definition) is 2. The van der Waals surface area contributed by atoms with E-state index in [1.165, 1.54) is 0 Å². The van der Waals surface area contributed by atoms with Gasteiger partial charge in [0.05, 0.1) is 10.4 Å². The average Bonchev–Trinajstić information content (AvgIpc) is 2.87. The Hall–Kier alpha value is -0.940. The molecule has 0 bridgehead atoms. The molecule has 0 unspecified atom stereocenters. The van der Waals surface area contributed by atoms with E-state index in [1.807, 2.05) is 16.8 Å². The first-order valence-electron chi connectivity index (χ1n) is 4.74. The van der Waals surface area contributed by atoms with E-state index < -0.39 is 5.41 Å². The molecule has 0 saturated heterocycles. The first kappa shape index (κ1) is 10.6. The van der Waals surface area contributed by atoms with Crippen molar-refractivity contribution in [3.8, 4) is 0 Å². The van der Waals surface area contributed by atoms with E-state index in [1.54, 1.807) is 11.3 Å². The van der Waals surface area contributed by atoms with Gasteiger partial charge in [0.25, 0.3) is 0 Å². The molecular formula is C10H12N2OS2. The molecule has 1 aromatic rings. The summed E-state index contributed by atoms with van der Waals surface area (Å²) in [4.78, 5) is 12.1. The van der Waals surface area contributed by atoms with Gasteiger partial charge in [-0.1, -0.05) is 12.2 Å². The Morgan fingerprint density at radius 2 is 2.40 bits per heavy atom. The minimum atomic E-state index is -0.536. The highest BCUT2D eigenvalue weighted by molar-refractivity contribution is 7.80. The Morgan fingerprint density at radius 3 is 2.87 bits per heavy atom. The zero-order chi connectivity index (χ0) is 10.9. The number of hydrogen-bond acceptors (Lipinski definition) is 3. The molecule has 3 N–H and O–H groups in total. The second-order valence-corrected chi connectivity index (χ2v) is 4.98. The molecule has 80 valence electrons. The largest absolute Gasteiger partial charge is 0.392 e. The van der Waals surface area contributed by atoms with Crippen LogP contribution in [0.3, 0.4) is 0 Å². The topological polar surface area (TPSA) is 55.1 Å². The summed E-state index contributed by atoms with van der Waals surface area (Å²) in [5.74, 6) is -0.0267. The number of nitrogens with one attached hydrogen (secondary N) is 1. The Morgan fingerprint density at radius 1 is 1.67 bits per heavy atom. The predicted octanol–water partition coefficient (Wildman–Crippen LogP) is 1.43. The zero-order valence-corrected chi connectivity index (χ0v) is 9.79. The lowest BCUT2D eigenvalue weighted by atomic mass is 10.1. The minimum Gasteiger partial charge on any atom is -0.392 e. The van der Waals surface area contributed by atoms with Crippen molar-refractivity contribution in [2.45, 2.75) is 19.4 Å². The van der Waals surface area contributed by atoms with E-state index in [0.29, 0.717) is 11.5 Å². The predicted molar refractivity (Wildman–Crippen MR) is 64.6 cm³/mol. The van der Waals surface area contributed by atoms with Crippen molar-refractivity contribution < 1.29 is 4.79 Å². The van der Waals surface area contributed by atoms with Crippen LogP contribution in [-0.2, 0) is 11.3 Å². The molecule has 1 saturated carbocycles. The fraction of sp³-hybridized carbons (Fsp3) is 0.400. The Labute approximate surface area is 97.7 Å². The van der Waals surface area contributed by atoms with Gasteiger partial charge >= 0.3 is 0 Å². The van der Waals surface area contributed by atoms with E-state index in [-0.39, 0.29) is 5.91 Å². The molecule has 15 heavy (non-hydrogen) atoms. The third-order valence-electron chi connectivity index (χ3n) is 2.69. The van der Waals surface area contributed by atoms with Crippen LogP contribution in [0, 0.1) is 5.41 Å². The van der Waals surface area contributed by atoms with E-state index >= 15 is 0 Å². The van der Waals surface area contributed by atoms with Crippen LogP contribution in [0.15, 0.2) is 16.8 Å². The van der Waals surface area contributed by atoms with Gasteiger partial charge in [-0.05, 0) is 35.2 Å². The Bertz CT molecular complexity index is 382. The number of nitrogens with two attached hydrogens (primary N) is 1. The molecule has 0 aliphatic heterocycles. The first-order valence-corrected chi connectivity index (χ1v) is 6.09. The van der Waals surface area contributed by atoms with Gasteiger partial charge < -0.3 is 11.1 Å². The highest BCUT2D eigenvalue weighted by atomic mass is 32.1. The zero-order valence-electron chi connectivity index (χ0n) is 8.16. The smallest absolute Gasteiger partial charge is 0.233 e. The summed E-state index contributed by atoms with van der Waals surface area (Å²) in [5, 5.41) is 6.87. The van der Waals surface area contributed by atoms with Gasteiger partial charge in [-0.15, -0.1) is 0 Å². The molecule has 2 rings (SSSR count). The van der Waals surface area contributed by atoms with Gasteiger partial charge in [0.2, 0.25) is 5.91 Å². The molecule has 1 aromatic heterocycles. The highest BCUT2D eigenvalue weighted by Crippen LogP contribution is 2.46. The maximum Gasteiger partial charge on any atom is 0.233 e. The molecule has 0 atom stereocenters. The second kappa shape index (κ2) is 3.90. The van der Waals surface area contributed by atoms with Gasteiger partial charge in [0.15, 0.2) is 0 Å². The quantitative estimate of drug-likeness (QED) is 0.783. The molecule has 1 aliphatic carbocycles. The van der Waals surface area contributed by atoms with Crippen molar-refractivity contribution >= 4 is 34.5 Å². The lowest BCUT2D eigenvalue weighted by Gasteiger charge is -2.12. The maximum atomic E-state index is 11.8. The van der Waals surface area contributed by atoms with E-state index in [2.05, 4.69) is 5.32 Å². The summed E-state index contributed by atoms with van der Waals surface area (Å²) in [7, 11) is 0. The van der Waals surface area contributed by atoms with Crippen LogP contribution < -0.4 is 11.1 Å². The van der Waals surface area contributed by atoms with Crippen LogP contribution >= 0.6 is 23.6 Å². The standard InChI is InChI=1S/C10H12N2OS2/c11-8(14)10(2-3-10)9(13)12-5-7-1-4-15-6-7/h1,4,6H,2-3,5H2,(H2,11,14)(H,12,13). The molecule has 3 nitrogen and oxygen atoms in total. The number of thiophene rings is 1. The van der Waals surface area contributed by atoms with E-state index in [4.69, 9.17) is 18.0 Å². The average molecular weight is 240 g/mol. The fourth-order valence-corrected chi connectivity index (χ4v) is 2.42. The van der Waals surface area contributed by atoms with E-state index in [0.717, 1.165) is 18.4 Å². The van der Waals surface area contributed by atoms with Gasteiger partial charge in [0, 0.05) is 6.54 Å². The van der Waals surface area contributed by atoms with Crippen LogP contribution in [-0.4, -0.2) is 10.9 Å². The summed E-state index contributed by atoms with van der Waals surface area (Å²) < 4.78 is 0. The van der Waals surface area contributed by atoms with Crippen LogP contribution in [0.1, 0.15) is 18.4 Å². The summed E-state index contributed by atoms with van der Waals surface area (Å²) in [5.41, 5.74) is 6.14. The highest BCUT2D eigenvalue weighted by Gasteiger charge is 2.52. The van der Waals surface area contributed by atoms with Gasteiger partial charge in [-0.3, -0.25) is 4.79 Å². The van der Waals surface area contributed by atoms with Crippen LogP contribution in [0.25, 0.3) is 0 Å². The SMILES string of the molecule is NC(=S)C1(C(=O)NCc2ccsc2)CC1. The van der Waals surface area contributed by atoms with Crippen LogP contribution in [0.2, 0.25) is 0 Å². The lowest BCUT2D eigenvalue weighted by Crippen LogP contribution is -2.39. The molecule has 0 spiro atoms. The number of carbonyl (C=O) groups is 1. The molecule has 1 heterocycles. The van der Waals surface area contributed by atoms with Gasteiger partial charge in [-0.2, -0.15) is 11.3 Å². The normalized spacial score (nSPS) is 17.1. The Balaban J connectivity index is 1.91. The number of rotatable bonds is 4. The van der Waals surface area contributed by atoms with Crippen LogP contribution in [0.4, 0.5) is 0 Å². The second-order valence-electron chi connectivity index (χ2n) is 3.76. The number of carbonyl (C=O) groups excluding carboxylic acids is 1. The monoisotopic (exact) mass is 240 g/mol. The lowest BCUT2D eigenvalue weighted by molar-refractivity contribution is -0.124. The molecule has 1 aliphatic rings. The van der Waals surface area contributed by atoms with Crippen molar-refractivity contribution in [3.05, 3.63) is 22.4 Å². The Kier molecular flexibility index (Phi) is 2.75. The van der Waals surface area contributed by atoms with Crippen molar-refractivity contribution in [3.63, 3.8) is 0 Å². The van der Waals surface area contributed by atoms with Crippen LogP contribution in [0.5, 0.6) is 0 Å². The molecule has 0 aromatic carbocycles. The maximum absolute atomic E-state index is 11.8. The number of thiocarbonyl (C=S) groups is 1. The first-order chi connectivity index (χ1) is 7.15. The van der Waals surface area contributed by atoms with Crippen molar-refractivity contribution in [2.24, 2.45) is 11.1 Å². The fourth-order valence-electron chi connectivity index (χ4n) is 1.46. The number of amides is 1. The molecular weight excluding hydrogens is 228 g/mol. The molecule has 5 heteroatoms. The summed E-state index contributed by atoms with van der Waals surface area (Å²) in [6.07, 6.45) is 1.58. The molecule has 0 radical (unpaired) electrons. The third kappa shape index (κ3) is 2.03. The summed E-state index contributed by atoms with van der Waals surface area (Å²) in [6.45, 7) is 0.562. The van der Waals surface area contributed by atoms with E-state index in [9.17, 15) is 4.79 Å².